The summed E-state index contributed by atoms with van der Waals surface area (Å²) in [5, 5.41) is 4.53. The van der Waals surface area contributed by atoms with Crippen LogP contribution in [0.4, 0.5) is 0 Å². The first-order chi connectivity index (χ1) is 15.4. The number of halogens is 4. The van der Waals surface area contributed by atoms with Gasteiger partial charge in [-0.3, -0.25) is 0 Å². The van der Waals surface area contributed by atoms with Crippen LogP contribution in [-0.2, 0) is 5.61 Å². The summed E-state index contributed by atoms with van der Waals surface area (Å²) in [6.45, 7) is 2.29. The fourth-order valence-corrected chi connectivity index (χ4v) is 8.42. The van der Waals surface area contributed by atoms with E-state index in [0.29, 0.717) is 0 Å². The molecule has 0 amide bonds. The Balaban J connectivity index is 0.000000654. The van der Waals surface area contributed by atoms with Crippen LogP contribution in [0.1, 0.15) is 45.4 Å². The monoisotopic (exact) mass is 747 g/mol. The van der Waals surface area contributed by atoms with E-state index in [1.54, 1.807) is 0 Å². The van der Waals surface area contributed by atoms with Crippen LogP contribution >= 0.6 is 63.7 Å². The van der Waals surface area contributed by atoms with Crippen LogP contribution in [0.5, 0.6) is 0 Å². The molecule has 177 valence electrons. The molecular weight excluding hydrogens is 719 g/mol. The van der Waals surface area contributed by atoms with Crippen molar-refractivity contribution in [1.82, 2.24) is 0 Å². The van der Waals surface area contributed by atoms with Gasteiger partial charge in [-0.1, -0.05) is 87.2 Å². The summed E-state index contributed by atoms with van der Waals surface area (Å²) in [4.78, 5) is 0. The molecule has 0 fully saturated rings. The molecular formula is C26H32Br4FeP. The van der Waals surface area contributed by atoms with Crippen molar-refractivity contribution in [2.75, 3.05) is 6.16 Å². The molecule has 0 bridgehead atoms. The van der Waals surface area contributed by atoms with Gasteiger partial charge in [0.1, 0.15) is 23.2 Å². The van der Waals surface area contributed by atoms with Gasteiger partial charge < -0.3 is 0 Å². The molecule has 0 unspecified atom stereocenters. The molecule has 0 radical (unpaired) electrons. The van der Waals surface area contributed by atoms with Gasteiger partial charge in [-0.25, -0.2) is 0 Å². The zero-order chi connectivity index (χ0) is 23.3. The summed E-state index contributed by atoms with van der Waals surface area (Å²) < 4.78 is 0. The molecule has 0 aliphatic rings. The summed E-state index contributed by atoms with van der Waals surface area (Å²) in [5.41, 5.74) is -1.25. The van der Waals surface area contributed by atoms with Gasteiger partial charge >= 0.3 is 62.1 Å². The van der Waals surface area contributed by atoms with E-state index in [2.05, 4.69) is 154 Å². The van der Waals surface area contributed by atoms with Crippen LogP contribution in [0.2, 0.25) is 0 Å². The van der Waals surface area contributed by atoms with Gasteiger partial charge in [-0.15, -0.1) is 0 Å². The number of hydrogen-bond acceptors (Lipinski definition) is 0. The van der Waals surface area contributed by atoms with Crippen LogP contribution in [-0.4, -0.2) is 6.16 Å². The molecule has 0 spiro atoms. The third-order valence-electron chi connectivity index (χ3n) is 5.44. The summed E-state index contributed by atoms with van der Waals surface area (Å²) in [7, 11) is -1.61. The van der Waals surface area contributed by atoms with Gasteiger partial charge in [0.05, 0.1) is 6.16 Å². The first-order valence-corrected chi connectivity index (χ1v) is 23.9. The molecule has 0 atom stereocenters. The van der Waals surface area contributed by atoms with E-state index in [-0.39, 0.29) is 0 Å². The zero-order valence-corrected chi connectivity index (χ0v) is 26.8. The summed E-state index contributed by atoms with van der Waals surface area (Å²) in [6.07, 6.45) is 9.34. The standard InChI is InChI=1S/C26H32P.4BrH.Fe/c1-2-3-4-5-6-16-23-27(24-17-10-7-11-18-24,25-19-12-8-13-20-25)26-21-14-9-15-22-26;;;;;/h7-15,17-22H,2-6,16,23H2,1H3;4*1H;/q+1;;;;;+3/p-4. The first kappa shape index (κ1) is 28.8. The second-order valence-corrected chi connectivity index (χ2v) is 44.7. The Hall–Kier alpha value is 0.529. The predicted molar refractivity (Wildman–Crippen MR) is 159 cm³/mol. The van der Waals surface area contributed by atoms with Crippen molar-refractivity contribution in [2.24, 2.45) is 0 Å². The van der Waals surface area contributed by atoms with Crippen molar-refractivity contribution in [3.8, 4) is 0 Å². The molecule has 3 aromatic carbocycles. The molecule has 0 saturated carbocycles. The molecule has 3 aromatic rings. The number of rotatable bonds is 10. The van der Waals surface area contributed by atoms with E-state index in [1.807, 2.05) is 0 Å². The third kappa shape index (κ3) is 10.0. The van der Waals surface area contributed by atoms with E-state index in [9.17, 15) is 0 Å². The molecule has 0 aliphatic heterocycles. The van der Waals surface area contributed by atoms with E-state index in [0.717, 1.165) is 0 Å². The van der Waals surface area contributed by atoms with Gasteiger partial charge in [0.25, 0.3) is 0 Å². The van der Waals surface area contributed by atoms with Crippen LogP contribution in [0.3, 0.4) is 0 Å². The summed E-state index contributed by atoms with van der Waals surface area (Å²) in [6, 6.07) is 33.8. The molecule has 32 heavy (non-hydrogen) atoms. The van der Waals surface area contributed by atoms with Gasteiger partial charge in [0.2, 0.25) is 0 Å². The van der Waals surface area contributed by atoms with Crippen LogP contribution in [0, 0.1) is 0 Å². The SMILES string of the molecule is CCCCCCCC[P+](c1ccccc1)(c1ccccc1)c1ccccc1.[Br][Fe-]([Br])([Br])[Br]. The maximum atomic E-state index is 3.25. The summed E-state index contributed by atoms with van der Waals surface area (Å²) in [5.74, 6) is 0. The Morgan fingerprint density at radius 3 is 1.19 bits per heavy atom. The van der Waals surface area contributed by atoms with Gasteiger partial charge in [0.15, 0.2) is 0 Å². The first-order valence-electron chi connectivity index (χ1n) is 11.0. The molecule has 0 aliphatic carbocycles. The minimum absolute atomic E-state index is 1.25. The Labute approximate surface area is 225 Å². The van der Waals surface area contributed by atoms with E-state index < -0.39 is 12.9 Å². The summed E-state index contributed by atoms with van der Waals surface area (Å²) >= 11 is 13.0. The topological polar surface area (TPSA) is 0 Å². The Morgan fingerprint density at radius 1 is 0.531 bits per heavy atom. The number of benzene rings is 3. The predicted octanol–water partition coefficient (Wildman–Crippen LogP) is 9.72. The number of unbranched alkanes of at least 4 members (excludes halogenated alkanes) is 5. The maximum absolute atomic E-state index is 3.25. The average molecular weight is 751 g/mol. The molecule has 0 N–H and O–H groups in total. The van der Waals surface area contributed by atoms with Crippen molar-refractivity contribution in [3.05, 3.63) is 91.0 Å². The zero-order valence-electron chi connectivity index (χ0n) is 18.4. The van der Waals surface area contributed by atoms with Gasteiger partial charge in [0, 0.05) is 0 Å². The molecule has 0 saturated heterocycles. The van der Waals surface area contributed by atoms with Gasteiger partial charge in [-0.2, -0.15) is 0 Å². The van der Waals surface area contributed by atoms with Crippen LogP contribution < -0.4 is 15.9 Å². The van der Waals surface area contributed by atoms with Crippen LogP contribution in [0.15, 0.2) is 91.0 Å². The van der Waals surface area contributed by atoms with E-state index >= 15 is 0 Å². The molecule has 6 heteroatoms. The normalized spacial score (nSPS) is 12.0. The average Bonchev–Trinajstić information content (AvgIpc) is 2.80. The van der Waals surface area contributed by atoms with Gasteiger partial charge in [-0.05, 0) is 49.2 Å². The van der Waals surface area contributed by atoms with Crippen LogP contribution in [0.25, 0.3) is 0 Å². The Morgan fingerprint density at radius 2 is 0.844 bits per heavy atom. The molecule has 0 aromatic heterocycles. The fourth-order valence-electron chi connectivity index (χ4n) is 4.01. The third-order valence-corrected chi connectivity index (χ3v) is 9.96. The molecule has 0 nitrogen and oxygen atoms in total. The second kappa shape index (κ2) is 15.5. The Bertz CT molecular complexity index is 768. The van der Waals surface area contributed by atoms with Crippen molar-refractivity contribution in [1.29, 1.82) is 0 Å². The second-order valence-electron chi connectivity index (χ2n) is 7.61. The van der Waals surface area contributed by atoms with Crippen molar-refractivity contribution >= 4 is 79.6 Å². The molecule has 3 rings (SSSR count). The molecule has 0 heterocycles. The van der Waals surface area contributed by atoms with E-state index in [1.165, 1.54) is 60.6 Å². The van der Waals surface area contributed by atoms with E-state index in [4.69, 9.17) is 0 Å². The van der Waals surface area contributed by atoms with Crippen molar-refractivity contribution < 1.29 is 5.61 Å². The Kier molecular flexibility index (Phi) is 13.9. The van der Waals surface area contributed by atoms with Crippen molar-refractivity contribution in [3.63, 3.8) is 0 Å². The number of hydrogen-bond donors (Lipinski definition) is 0. The van der Waals surface area contributed by atoms with Crippen molar-refractivity contribution in [2.45, 2.75) is 45.4 Å². The quantitative estimate of drug-likeness (QED) is 0.110. The fraction of sp³-hybridized carbons (Fsp3) is 0.308. The minimum atomic E-state index is -1.61.